The van der Waals surface area contributed by atoms with Crippen LogP contribution in [0.25, 0.3) is 0 Å². The average Bonchev–Trinajstić information content (AvgIpc) is 3.10. The maximum atomic E-state index is 13.2. The molecule has 0 bridgehead atoms. The van der Waals surface area contributed by atoms with E-state index in [1.54, 1.807) is 41.3 Å². The molecule has 1 aliphatic heterocycles. The smallest absolute Gasteiger partial charge is 0.242 e. The highest BCUT2D eigenvalue weighted by molar-refractivity contribution is 8.15. The molecule has 1 aliphatic rings. The summed E-state index contributed by atoms with van der Waals surface area (Å²) >= 11 is 7.17. The molecule has 0 unspecified atom stereocenters. The Hall–Kier alpha value is -3.23. The van der Waals surface area contributed by atoms with Crippen LogP contribution in [-0.2, 0) is 16.0 Å². The molecule has 4 rings (SSSR count). The van der Waals surface area contributed by atoms with Gasteiger partial charge in [-0.1, -0.05) is 35.5 Å². The van der Waals surface area contributed by atoms with Crippen LogP contribution in [0.3, 0.4) is 0 Å². The lowest BCUT2D eigenvalue weighted by Gasteiger charge is -2.16. The van der Waals surface area contributed by atoms with Gasteiger partial charge in [-0.15, -0.1) is 0 Å². The first-order valence-corrected chi connectivity index (χ1v) is 11.8. The Bertz CT molecular complexity index is 1200. The van der Waals surface area contributed by atoms with Gasteiger partial charge in [-0.25, -0.2) is 13.8 Å². The molecular weight excluding hydrogens is 480 g/mol. The van der Waals surface area contributed by atoms with E-state index in [0.717, 1.165) is 5.56 Å². The number of amides is 2. The normalized spacial score (nSPS) is 16.8. The number of anilines is 1. The average molecular weight is 500 g/mol. The zero-order valence-corrected chi connectivity index (χ0v) is 19.5. The summed E-state index contributed by atoms with van der Waals surface area (Å²) in [4.78, 5) is 31.9. The molecule has 1 fully saturated rings. The van der Waals surface area contributed by atoms with Crippen molar-refractivity contribution >= 4 is 51.7 Å². The second kappa shape index (κ2) is 10.8. The van der Waals surface area contributed by atoms with E-state index in [2.05, 4.69) is 10.3 Å². The number of rotatable bonds is 7. The molecule has 0 aromatic heterocycles. The van der Waals surface area contributed by atoms with Gasteiger partial charge in [-0.2, -0.15) is 0 Å². The lowest BCUT2D eigenvalue weighted by molar-refractivity contribution is -0.128. The van der Waals surface area contributed by atoms with Crippen molar-refractivity contribution in [2.75, 3.05) is 11.9 Å². The third kappa shape index (κ3) is 6.21. The number of thioether (sulfide) groups is 1. The van der Waals surface area contributed by atoms with E-state index in [1.807, 2.05) is 0 Å². The maximum Gasteiger partial charge on any atom is 0.242 e. The number of hydrogen-bond acceptors (Lipinski definition) is 4. The van der Waals surface area contributed by atoms with Crippen LogP contribution in [-0.4, -0.2) is 33.7 Å². The molecule has 5 nitrogen and oxygen atoms in total. The van der Waals surface area contributed by atoms with Crippen molar-refractivity contribution in [3.63, 3.8) is 0 Å². The predicted molar refractivity (Wildman–Crippen MR) is 131 cm³/mol. The van der Waals surface area contributed by atoms with Crippen molar-refractivity contribution in [3.8, 4) is 0 Å². The molecule has 0 aliphatic carbocycles. The Balaban J connectivity index is 1.49. The fourth-order valence-electron chi connectivity index (χ4n) is 3.36. The number of benzene rings is 3. The summed E-state index contributed by atoms with van der Waals surface area (Å²) < 4.78 is 26.3. The van der Waals surface area contributed by atoms with Crippen LogP contribution in [0.2, 0.25) is 5.02 Å². The van der Waals surface area contributed by atoms with Gasteiger partial charge >= 0.3 is 0 Å². The van der Waals surface area contributed by atoms with Crippen LogP contribution in [0.1, 0.15) is 12.0 Å². The molecule has 0 radical (unpaired) electrons. The van der Waals surface area contributed by atoms with E-state index in [4.69, 9.17) is 11.6 Å². The third-order valence-electron chi connectivity index (χ3n) is 5.11. The van der Waals surface area contributed by atoms with Gasteiger partial charge in [0.1, 0.15) is 16.9 Å². The molecule has 3 aromatic rings. The Morgan fingerprint density at radius 2 is 1.59 bits per heavy atom. The maximum absolute atomic E-state index is 13.2. The first-order valence-electron chi connectivity index (χ1n) is 10.5. The van der Waals surface area contributed by atoms with Gasteiger partial charge in [0.25, 0.3) is 0 Å². The quantitative estimate of drug-likeness (QED) is 0.445. The van der Waals surface area contributed by atoms with Gasteiger partial charge in [0.05, 0.1) is 5.69 Å². The highest BCUT2D eigenvalue weighted by Gasteiger charge is 2.39. The van der Waals surface area contributed by atoms with E-state index in [0.29, 0.717) is 34.5 Å². The lowest BCUT2D eigenvalue weighted by atomic mass is 10.1. The Morgan fingerprint density at radius 3 is 2.24 bits per heavy atom. The highest BCUT2D eigenvalue weighted by Crippen LogP contribution is 2.32. The molecule has 1 saturated heterocycles. The van der Waals surface area contributed by atoms with Gasteiger partial charge in [0.2, 0.25) is 11.8 Å². The molecular formula is C25H20ClF2N3O2S. The molecule has 3 aromatic carbocycles. The monoisotopic (exact) mass is 499 g/mol. The molecule has 1 atom stereocenters. The number of halogens is 3. The fraction of sp³-hybridized carbons (Fsp3) is 0.160. The minimum atomic E-state index is -0.653. The summed E-state index contributed by atoms with van der Waals surface area (Å²) in [5, 5.41) is 3.08. The summed E-state index contributed by atoms with van der Waals surface area (Å²) in [7, 11) is 0. The van der Waals surface area contributed by atoms with E-state index >= 15 is 0 Å². The summed E-state index contributed by atoms with van der Waals surface area (Å²) in [6.07, 6.45) is 0.439. The molecule has 34 heavy (non-hydrogen) atoms. The van der Waals surface area contributed by atoms with E-state index < -0.39 is 11.1 Å². The number of amidine groups is 1. The van der Waals surface area contributed by atoms with Crippen LogP contribution < -0.4 is 5.32 Å². The number of carbonyl (C=O) groups is 2. The van der Waals surface area contributed by atoms with E-state index in [1.165, 1.54) is 48.2 Å². The summed E-state index contributed by atoms with van der Waals surface area (Å²) in [5.41, 5.74) is 1.95. The van der Waals surface area contributed by atoms with Gasteiger partial charge in [0, 0.05) is 23.7 Å². The van der Waals surface area contributed by atoms with Crippen molar-refractivity contribution in [3.05, 3.63) is 95.0 Å². The first-order chi connectivity index (χ1) is 16.4. The molecule has 9 heteroatoms. The topological polar surface area (TPSA) is 61.8 Å². The third-order valence-corrected chi connectivity index (χ3v) is 6.53. The zero-order chi connectivity index (χ0) is 24.1. The van der Waals surface area contributed by atoms with Gasteiger partial charge in [-0.3, -0.25) is 14.5 Å². The second-order valence-electron chi connectivity index (χ2n) is 7.60. The van der Waals surface area contributed by atoms with Crippen LogP contribution in [0.4, 0.5) is 20.2 Å². The van der Waals surface area contributed by atoms with Crippen molar-refractivity contribution in [1.29, 1.82) is 0 Å². The van der Waals surface area contributed by atoms with E-state index in [-0.39, 0.29) is 24.1 Å². The second-order valence-corrected chi connectivity index (χ2v) is 9.21. The van der Waals surface area contributed by atoms with Crippen molar-refractivity contribution in [1.82, 2.24) is 4.90 Å². The standard InChI is InChI=1S/C25H20ClF2N3O2S/c26-17-3-9-21(10-4-17)30-25-31(14-13-16-1-5-18(27)6-2-16)24(33)22(34-25)15-23(32)29-20-11-7-19(28)8-12-20/h1-12,22H,13-15H2,(H,29,32)/t22-/m0/s1. The Kier molecular flexibility index (Phi) is 7.59. The first kappa shape index (κ1) is 23.9. The summed E-state index contributed by atoms with van der Waals surface area (Å²) in [5.74, 6) is -1.31. The Labute approximate surface area is 204 Å². The van der Waals surface area contributed by atoms with Gasteiger partial charge in [-0.05, 0) is 72.6 Å². The predicted octanol–water partition coefficient (Wildman–Crippen LogP) is 5.82. The SMILES string of the molecule is O=C(C[C@@H]1SC(=Nc2ccc(Cl)cc2)N(CCc2ccc(F)cc2)C1=O)Nc1ccc(F)cc1. The number of carbonyl (C=O) groups excluding carboxylic acids is 2. The van der Waals surface area contributed by atoms with E-state index in [9.17, 15) is 18.4 Å². The number of aliphatic imine (C=N–C) groups is 1. The number of nitrogens with zero attached hydrogens (tertiary/aromatic N) is 2. The summed E-state index contributed by atoms with van der Waals surface area (Å²) in [6, 6.07) is 18.4. The Morgan fingerprint density at radius 1 is 0.971 bits per heavy atom. The van der Waals surface area contributed by atoms with Crippen LogP contribution in [0.5, 0.6) is 0 Å². The molecule has 0 spiro atoms. The molecule has 1 heterocycles. The van der Waals surface area contributed by atoms with Gasteiger partial charge < -0.3 is 5.32 Å². The van der Waals surface area contributed by atoms with Crippen LogP contribution in [0.15, 0.2) is 77.8 Å². The minimum absolute atomic E-state index is 0.0619. The van der Waals surface area contributed by atoms with Crippen molar-refractivity contribution < 1.29 is 18.4 Å². The molecule has 2 amide bonds. The summed E-state index contributed by atoms with van der Waals surface area (Å²) in [6.45, 7) is 0.333. The highest BCUT2D eigenvalue weighted by atomic mass is 35.5. The number of hydrogen-bond donors (Lipinski definition) is 1. The van der Waals surface area contributed by atoms with Crippen molar-refractivity contribution in [2.45, 2.75) is 18.1 Å². The lowest BCUT2D eigenvalue weighted by Crippen LogP contribution is -2.35. The largest absolute Gasteiger partial charge is 0.326 e. The minimum Gasteiger partial charge on any atom is -0.326 e. The molecule has 174 valence electrons. The number of nitrogens with one attached hydrogen (secondary N) is 1. The van der Waals surface area contributed by atoms with Crippen LogP contribution >= 0.6 is 23.4 Å². The van der Waals surface area contributed by atoms with Crippen molar-refractivity contribution in [2.24, 2.45) is 4.99 Å². The fourth-order valence-corrected chi connectivity index (χ4v) is 4.67. The molecule has 1 N–H and O–H groups in total. The van der Waals surface area contributed by atoms with Crippen LogP contribution in [0, 0.1) is 11.6 Å². The molecule has 0 saturated carbocycles. The van der Waals surface area contributed by atoms with Gasteiger partial charge in [0.15, 0.2) is 5.17 Å². The zero-order valence-electron chi connectivity index (χ0n) is 17.9.